The minimum Gasteiger partial charge on any atom is -0.479 e. The van der Waals surface area contributed by atoms with Crippen LogP contribution in [0.25, 0.3) is 0 Å². The van der Waals surface area contributed by atoms with E-state index in [1.807, 2.05) is 6.92 Å². The molecule has 1 aromatic carbocycles. The number of carboxylic acids is 1. The van der Waals surface area contributed by atoms with Crippen molar-refractivity contribution in [2.75, 3.05) is 13.6 Å². The number of carbonyl (C=O) groups excluding carboxylic acids is 3. The number of unbranched alkanes of at least 4 members (excludes halogenated alkanes) is 1. The van der Waals surface area contributed by atoms with Crippen LogP contribution in [-0.4, -0.2) is 57.7 Å². The summed E-state index contributed by atoms with van der Waals surface area (Å²) in [5.74, 6) is -2.17. The third kappa shape index (κ3) is 3.19. The molecular formula is C21H26N2O5. The fraction of sp³-hybridized carbons (Fsp3) is 0.524. The molecule has 0 radical (unpaired) electrons. The molecule has 1 aliphatic heterocycles. The van der Waals surface area contributed by atoms with E-state index in [-0.39, 0.29) is 17.0 Å². The third-order valence-electron chi connectivity index (χ3n) is 5.98. The molecule has 28 heavy (non-hydrogen) atoms. The minimum atomic E-state index is -1.22. The highest BCUT2D eigenvalue weighted by atomic mass is 16.4. The van der Waals surface area contributed by atoms with Crippen LogP contribution in [0.3, 0.4) is 0 Å². The average molecular weight is 386 g/mol. The largest absolute Gasteiger partial charge is 0.479 e. The molecule has 3 amide bonds. The maximum atomic E-state index is 13.0. The number of amides is 3. The zero-order valence-electron chi connectivity index (χ0n) is 16.4. The van der Waals surface area contributed by atoms with Crippen molar-refractivity contribution in [2.45, 2.75) is 57.4 Å². The second kappa shape index (κ2) is 7.73. The molecule has 7 heteroatoms. The Hall–Kier alpha value is -2.70. The lowest BCUT2D eigenvalue weighted by Gasteiger charge is -2.41. The molecule has 0 atom stereocenters. The average Bonchev–Trinajstić information content (AvgIpc) is 2.95. The molecule has 0 unspecified atom stereocenters. The van der Waals surface area contributed by atoms with Crippen LogP contribution >= 0.6 is 0 Å². The van der Waals surface area contributed by atoms with Gasteiger partial charge in [-0.15, -0.1) is 0 Å². The normalized spacial score (nSPS) is 18.1. The number of nitrogens with zero attached hydrogens (tertiary/aromatic N) is 2. The highest BCUT2D eigenvalue weighted by Crippen LogP contribution is 2.34. The lowest BCUT2D eigenvalue weighted by atomic mass is 9.80. The summed E-state index contributed by atoms with van der Waals surface area (Å²) in [5.41, 5.74) is -0.480. The first-order chi connectivity index (χ1) is 13.3. The van der Waals surface area contributed by atoms with Crippen molar-refractivity contribution in [2.24, 2.45) is 0 Å². The molecule has 3 rings (SSSR count). The second-order valence-corrected chi connectivity index (χ2v) is 7.64. The monoisotopic (exact) mass is 386 g/mol. The van der Waals surface area contributed by atoms with Crippen LogP contribution in [0, 0.1) is 0 Å². The van der Waals surface area contributed by atoms with Crippen molar-refractivity contribution in [3.8, 4) is 0 Å². The lowest BCUT2D eigenvalue weighted by Crippen LogP contribution is -2.56. The first kappa shape index (κ1) is 20.0. The first-order valence-electron chi connectivity index (χ1n) is 9.85. The van der Waals surface area contributed by atoms with Gasteiger partial charge in [0.15, 0.2) is 0 Å². The van der Waals surface area contributed by atoms with E-state index in [4.69, 9.17) is 0 Å². The van der Waals surface area contributed by atoms with Gasteiger partial charge in [-0.25, -0.2) is 4.79 Å². The van der Waals surface area contributed by atoms with E-state index >= 15 is 0 Å². The summed E-state index contributed by atoms with van der Waals surface area (Å²) in [4.78, 5) is 52.6. The Labute approximate surface area is 164 Å². The number of benzene rings is 1. The van der Waals surface area contributed by atoms with Gasteiger partial charge in [-0.3, -0.25) is 19.3 Å². The van der Waals surface area contributed by atoms with Crippen LogP contribution in [0.15, 0.2) is 18.2 Å². The molecule has 1 heterocycles. The van der Waals surface area contributed by atoms with Crippen LogP contribution in [0.2, 0.25) is 0 Å². The quantitative estimate of drug-likeness (QED) is 0.759. The van der Waals surface area contributed by atoms with Gasteiger partial charge in [-0.1, -0.05) is 32.6 Å². The molecule has 1 saturated carbocycles. The highest BCUT2D eigenvalue weighted by molar-refractivity contribution is 6.22. The molecule has 0 bridgehead atoms. The Kier molecular flexibility index (Phi) is 5.54. The van der Waals surface area contributed by atoms with Gasteiger partial charge in [0.05, 0.1) is 11.1 Å². The molecule has 0 saturated heterocycles. The van der Waals surface area contributed by atoms with E-state index in [1.165, 1.54) is 35.0 Å². The molecule has 0 aromatic heterocycles. The van der Waals surface area contributed by atoms with E-state index in [0.717, 1.165) is 32.1 Å². The highest BCUT2D eigenvalue weighted by Gasteiger charge is 2.46. The number of aliphatic carboxylic acids is 1. The number of likely N-dealkylation sites (N-methyl/N-ethyl adjacent to an activating group) is 1. The van der Waals surface area contributed by atoms with Gasteiger partial charge in [-0.2, -0.15) is 0 Å². The Bertz CT molecular complexity index is 826. The summed E-state index contributed by atoms with van der Waals surface area (Å²) >= 11 is 0. The van der Waals surface area contributed by atoms with Gasteiger partial charge in [0.2, 0.25) is 0 Å². The molecule has 1 fully saturated rings. The number of hydrogen-bond donors (Lipinski definition) is 1. The van der Waals surface area contributed by atoms with E-state index in [2.05, 4.69) is 0 Å². The zero-order valence-corrected chi connectivity index (χ0v) is 16.4. The topological polar surface area (TPSA) is 95.0 Å². The maximum absolute atomic E-state index is 13.0. The van der Waals surface area contributed by atoms with Crippen LogP contribution in [0.4, 0.5) is 0 Å². The standard InChI is InChI=1S/C21H26N2O5/c1-3-4-12-23-18(25)15-9-8-14(13-16(15)19(23)26)17(24)22(2)21(20(27)28)10-6-5-7-11-21/h8-9,13H,3-7,10-12H2,1-2H3,(H,27,28). The number of imide groups is 1. The fourth-order valence-electron chi connectivity index (χ4n) is 4.16. The van der Waals surface area contributed by atoms with Crippen molar-refractivity contribution in [3.63, 3.8) is 0 Å². The van der Waals surface area contributed by atoms with Crippen LogP contribution in [0.5, 0.6) is 0 Å². The molecule has 1 N–H and O–H groups in total. The van der Waals surface area contributed by atoms with E-state index < -0.39 is 23.3 Å². The first-order valence-corrected chi connectivity index (χ1v) is 9.85. The SMILES string of the molecule is CCCCN1C(=O)c2ccc(C(=O)N(C)C3(C(=O)O)CCCCC3)cc2C1=O. The predicted molar refractivity (Wildman–Crippen MR) is 102 cm³/mol. The van der Waals surface area contributed by atoms with Gasteiger partial charge in [0.1, 0.15) is 5.54 Å². The molecular weight excluding hydrogens is 360 g/mol. The predicted octanol–water partition coefficient (Wildman–Crippen LogP) is 2.94. The van der Waals surface area contributed by atoms with E-state index in [9.17, 15) is 24.3 Å². The van der Waals surface area contributed by atoms with Crippen LogP contribution in [-0.2, 0) is 4.79 Å². The summed E-state index contributed by atoms with van der Waals surface area (Å²) in [6, 6.07) is 4.43. The maximum Gasteiger partial charge on any atom is 0.329 e. The second-order valence-electron chi connectivity index (χ2n) is 7.64. The van der Waals surface area contributed by atoms with Crippen molar-refractivity contribution < 1.29 is 24.3 Å². The summed E-state index contributed by atoms with van der Waals surface area (Å²) in [6.45, 7) is 2.34. The van der Waals surface area contributed by atoms with E-state index in [1.54, 1.807) is 0 Å². The van der Waals surface area contributed by atoms with Gasteiger partial charge < -0.3 is 10.0 Å². The van der Waals surface area contributed by atoms with Gasteiger partial charge in [0, 0.05) is 19.2 Å². The van der Waals surface area contributed by atoms with Gasteiger partial charge >= 0.3 is 5.97 Å². The van der Waals surface area contributed by atoms with Crippen molar-refractivity contribution in [1.82, 2.24) is 9.80 Å². The number of hydrogen-bond acceptors (Lipinski definition) is 4. The van der Waals surface area contributed by atoms with Crippen LogP contribution < -0.4 is 0 Å². The number of rotatable bonds is 6. The van der Waals surface area contributed by atoms with Crippen molar-refractivity contribution in [3.05, 3.63) is 34.9 Å². The van der Waals surface area contributed by atoms with E-state index in [0.29, 0.717) is 24.9 Å². The summed E-state index contributed by atoms with van der Waals surface area (Å²) < 4.78 is 0. The number of carboxylic acid groups (broad SMARTS) is 1. The fourth-order valence-corrected chi connectivity index (χ4v) is 4.16. The lowest BCUT2D eigenvalue weighted by molar-refractivity contribution is -0.151. The molecule has 1 aliphatic carbocycles. The summed E-state index contributed by atoms with van der Waals surface area (Å²) in [7, 11) is 1.51. The number of fused-ring (bicyclic) bond motifs is 1. The Balaban J connectivity index is 1.89. The smallest absolute Gasteiger partial charge is 0.329 e. The van der Waals surface area contributed by atoms with Gasteiger partial charge in [-0.05, 0) is 37.5 Å². The molecule has 0 spiro atoms. The van der Waals surface area contributed by atoms with Crippen LogP contribution in [0.1, 0.15) is 82.9 Å². The Morgan fingerprint density at radius 1 is 1.11 bits per heavy atom. The summed E-state index contributed by atoms with van der Waals surface area (Å²) in [6.07, 6.45) is 4.89. The van der Waals surface area contributed by atoms with Crippen molar-refractivity contribution >= 4 is 23.7 Å². The summed E-state index contributed by atoms with van der Waals surface area (Å²) in [5, 5.41) is 9.80. The molecule has 150 valence electrons. The zero-order chi connectivity index (χ0) is 20.5. The Morgan fingerprint density at radius 2 is 1.75 bits per heavy atom. The van der Waals surface area contributed by atoms with Crippen molar-refractivity contribution in [1.29, 1.82) is 0 Å². The Morgan fingerprint density at radius 3 is 2.36 bits per heavy atom. The number of carbonyl (C=O) groups is 4. The molecule has 1 aromatic rings. The van der Waals surface area contributed by atoms with Gasteiger partial charge in [0.25, 0.3) is 17.7 Å². The third-order valence-corrected chi connectivity index (χ3v) is 5.98. The molecule has 7 nitrogen and oxygen atoms in total. The molecule has 2 aliphatic rings. The minimum absolute atomic E-state index is 0.216.